The van der Waals surface area contributed by atoms with Crippen molar-refractivity contribution in [3.8, 4) is 0 Å². The minimum atomic E-state index is -1.06. The van der Waals surface area contributed by atoms with E-state index in [1.807, 2.05) is 0 Å². The van der Waals surface area contributed by atoms with E-state index in [2.05, 4.69) is 28.9 Å². The quantitative estimate of drug-likeness (QED) is 0.175. The molecule has 0 aliphatic heterocycles. The molecule has 2 rings (SSSR count). The molecule has 0 heterocycles. The number of quaternary nitrogens is 1. The summed E-state index contributed by atoms with van der Waals surface area (Å²) in [6, 6.07) is 0. The van der Waals surface area contributed by atoms with E-state index in [1.54, 1.807) is 88.3 Å². The predicted molar refractivity (Wildman–Crippen MR) is 161 cm³/mol. The van der Waals surface area contributed by atoms with Crippen LogP contribution in [-0.2, 0) is 38.0 Å². The van der Waals surface area contributed by atoms with Crippen LogP contribution in [-0.4, -0.2) is 71.4 Å². The van der Waals surface area contributed by atoms with Crippen LogP contribution in [0.25, 0.3) is 0 Å². The van der Waals surface area contributed by atoms with Gasteiger partial charge in [-0.3, -0.25) is 0 Å². The molecule has 13 nitrogen and oxygen atoms in total. The first-order valence-corrected chi connectivity index (χ1v) is 14.5. The van der Waals surface area contributed by atoms with Gasteiger partial charge in [-0.1, -0.05) is 12.2 Å². The average Bonchev–Trinajstić information content (AvgIpc) is 3.71. The van der Waals surface area contributed by atoms with E-state index in [0.717, 1.165) is 6.42 Å². The number of ether oxygens (including phenoxy) is 6. The van der Waals surface area contributed by atoms with Gasteiger partial charge in [0.1, 0.15) is 22.3 Å². The fourth-order valence-electron chi connectivity index (χ4n) is 3.51. The van der Waals surface area contributed by atoms with Gasteiger partial charge >= 0.3 is 30.3 Å². The minimum absolute atomic E-state index is 0. The summed E-state index contributed by atoms with van der Waals surface area (Å²) in [4.78, 5) is 56.7. The fraction of sp³-hybridized carbons (Fsp3) is 0.710. The van der Waals surface area contributed by atoms with Crippen molar-refractivity contribution in [3.63, 3.8) is 0 Å². The molecule has 45 heavy (non-hydrogen) atoms. The highest BCUT2D eigenvalue weighted by Gasteiger charge is 2.62. The summed E-state index contributed by atoms with van der Waals surface area (Å²) in [7, 11) is 0. The van der Waals surface area contributed by atoms with Gasteiger partial charge in [0.25, 0.3) is 0 Å². The second-order valence-corrected chi connectivity index (χ2v) is 13.3. The standard InChI is InChI=1S/C13H21NO4.C10H18O5.C8H13NO2.ClH/c1-6-9-8-13(9,10(15)17-7-2)14-11(16)18-12(3,4)5;1-9(2,3)14-7(11)13-8(12)15-10(4,5)6;1-3-6-5-8(6,9)7(10)11-4-2;/h6,9H,1,7-8H2,2-5H3,(H,14,16);1-6H3;3,6H,1,4-5,9H2,2H3;1H. The first-order valence-electron chi connectivity index (χ1n) is 14.5. The van der Waals surface area contributed by atoms with Gasteiger partial charge in [-0.05, 0) is 82.6 Å². The molecule has 2 aliphatic carbocycles. The Balaban J connectivity index is 0. The maximum absolute atomic E-state index is 11.9. The van der Waals surface area contributed by atoms with E-state index >= 15 is 0 Å². The van der Waals surface area contributed by atoms with E-state index in [1.165, 1.54) is 0 Å². The molecule has 0 bridgehead atoms. The second kappa shape index (κ2) is 17.4. The summed E-state index contributed by atoms with van der Waals surface area (Å²) < 4.78 is 28.8. The van der Waals surface area contributed by atoms with Gasteiger partial charge in [-0.25, -0.2) is 24.0 Å². The van der Waals surface area contributed by atoms with Gasteiger partial charge in [-0.2, -0.15) is 0 Å². The van der Waals surface area contributed by atoms with Crippen molar-refractivity contribution >= 4 is 30.3 Å². The van der Waals surface area contributed by atoms with Crippen molar-refractivity contribution in [2.75, 3.05) is 13.2 Å². The van der Waals surface area contributed by atoms with Gasteiger partial charge in [0.15, 0.2) is 5.54 Å². The minimum Gasteiger partial charge on any atom is -1.00 e. The molecule has 2 fully saturated rings. The second-order valence-electron chi connectivity index (χ2n) is 13.3. The van der Waals surface area contributed by atoms with Crippen LogP contribution in [0.5, 0.6) is 0 Å². The molecular weight excluding hydrogens is 612 g/mol. The molecule has 2 aliphatic rings. The molecule has 14 heteroatoms. The van der Waals surface area contributed by atoms with Gasteiger partial charge in [0, 0.05) is 18.3 Å². The highest BCUT2D eigenvalue weighted by Crippen LogP contribution is 2.45. The molecule has 4 unspecified atom stereocenters. The summed E-state index contributed by atoms with van der Waals surface area (Å²) in [5, 5.41) is 2.60. The van der Waals surface area contributed by atoms with Gasteiger partial charge in [-0.15, -0.1) is 13.2 Å². The van der Waals surface area contributed by atoms with E-state index in [9.17, 15) is 24.0 Å². The van der Waals surface area contributed by atoms with E-state index in [4.69, 9.17) is 23.7 Å². The van der Waals surface area contributed by atoms with Gasteiger partial charge in [0.05, 0.1) is 13.2 Å². The topological polar surface area (TPSA) is 180 Å². The lowest BCUT2D eigenvalue weighted by atomic mass is 10.2. The van der Waals surface area contributed by atoms with Crippen LogP contribution in [0, 0.1) is 11.8 Å². The number of hydrogen-bond donors (Lipinski definition) is 2. The molecular formula is C31H53ClN2O11. The van der Waals surface area contributed by atoms with Gasteiger partial charge < -0.3 is 51.9 Å². The normalized spacial score (nSPS) is 22.8. The molecule has 2 saturated carbocycles. The predicted octanol–water partition coefficient (Wildman–Crippen LogP) is 1.63. The Morgan fingerprint density at radius 3 is 1.44 bits per heavy atom. The number of carbonyl (C=O) groups excluding carboxylic acids is 5. The van der Waals surface area contributed by atoms with Crippen molar-refractivity contribution < 1.29 is 70.5 Å². The Bertz CT molecular complexity index is 1030. The monoisotopic (exact) mass is 664 g/mol. The first-order chi connectivity index (χ1) is 19.9. The lowest BCUT2D eigenvalue weighted by Crippen LogP contribution is -3.00. The van der Waals surface area contributed by atoms with Crippen LogP contribution in [0.15, 0.2) is 25.3 Å². The lowest BCUT2D eigenvalue weighted by molar-refractivity contribution is -0.428. The maximum atomic E-state index is 11.9. The lowest BCUT2D eigenvalue weighted by Gasteiger charge is -2.23. The van der Waals surface area contributed by atoms with Crippen molar-refractivity contribution in [2.24, 2.45) is 11.8 Å². The third-order valence-corrected chi connectivity index (χ3v) is 5.71. The number of esters is 2. The van der Waals surface area contributed by atoms with Gasteiger partial charge in [0.2, 0.25) is 0 Å². The molecule has 260 valence electrons. The van der Waals surface area contributed by atoms with Crippen molar-refractivity contribution in [1.29, 1.82) is 0 Å². The van der Waals surface area contributed by atoms with Crippen molar-refractivity contribution in [2.45, 2.75) is 117 Å². The summed E-state index contributed by atoms with van der Waals surface area (Å²) in [6.45, 7) is 26.8. The zero-order valence-corrected chi connectivity index (χ0v) is 29.4. The first kappa shape index (κ1) is 43.8. The van der Waals surface area contributed by atoms with E-state index in [0.29, 0.717) is 13.0 Å². The van der Waals surface area contributed by atoms with E-state index in [-0.39, 0.29) is 36.8 Å². The Hall–Kier alpha value is -3.32. The molecule has 0 aromatic carbocycles. The Kier molecular flexibility index (Phi) is 16.9. The number of hydrogen-bond acceptors (Lipinski definition) is 11. The molecule has 0 aromatic heterocycles. The summed E-state index contributed by atoms with van der Waals surface area (Å²) in [5.74, 6) is -0.490. The number of alkyl carbamates (subject to hydrolysis) is 1. The fourth-order valence-corrected chi connectivity index (χ4v) is 3.51. The molecule has 0 saturated heterocycles. The van der Waals surface area contributed by atoms with Crippen LogP contribution in [0.1, 0.15) is 89.0 Å². The number of halogens is 1. The smallest absolute Gasteiger partial charge is 0.519 e. The molecule has 0 aromatic rings. The molecule has 0 radical (unpaired) electrons. The van der Waals surface area contributed by atoms with Crippen LogP contribution < -0.4 is 23.5 Å². The van der Waals surface area contributed by atoms with Crippen LogP contribution in [0.3, 0.4) is 0 Å². The molecule has 4 N–H and O–H groups in total. The Labute approximate surface area is 273 Å². The average molecular weight is 665 g/mol. The maximum Gasteiger partial charge on any atom is 0.519 e. The number of nitrogens with one attached hydrogen (secondary N) is 1. The van der Waals surface area contributed by atoms with Crippen LogP contribution >= 0.6 is 0 Å². The number of rotatable bonds is 7. The summed E-state index contributed by atoms with van der Waals surface area (Å²) in [5.41, 5.74) is 0.329. The zero-order chi connectivity index (χ0) is 34.7. The Morgan fingerprint density at radius 1 is 0.733 bits per heavy atom. The van der Waals surface area contributed by atoms with Crippen LogP contribution in [0.2, 0.25) is 0 Å². The SMILES string of the molecule is C=CC1CC1(NC(=O)OC(C)(C)C)C(=O)OCC.C=CC1CC1([NH3+])C(=O)OCC.CC(C)(C)OC(=O)OC(=O)OC(C)(C)C.[Cl-]. The van der Waals surface area contributed by atoms with Crippen molar-refractivity contribution in [3.05, 3.63) is 25.3 Å². The summed E-state index contributed by atoms with van der Waals surface area (Å²) in [6.07, 6.45) is 1.98. The highest BCUT2D eigenvalue weighted by molar-refractivity contribution is 5.90. The van der Waals surface area contributed by atoms with E-state index < -0.39 is 52.3 Å². The number of amides is 1. The van der Waals surface area contributed by atoms with Crippen molar-refractivity contribution in [1.82, 2.24) is 5.32 Å². The third kappa shape index (κ3) is 16.5. The molecule has 4 atom stereocenters. The highest BCUT2D eigenvalue weighted by atomic mass is 35.5. The zero-order valence-electron chi connectivity index (χ0n) is 28.6. The third-order valence-electron chi connectivity index (χ3n) is 5.71. The molecule has 1 amide bonds. The Morgan fingerprint density at radius 2 is 1.13 bits per heavy atom. The number of carbonyl (C=O) groups is 5. The largest absolute Gasteiger partial charge is 1.00 e. The van der Waals surface area contributed by atoms with Crippen LogP contribution in [0.4, 0.5) is 14.4 Å². The molecule has 0 spiro atoms. The summed E-state index contributed by atoms with van der Waals surface area (Å²) >= 11 is 0.